The second-order valence-corrected chi connectivity index (χ2v) is 24.6. The Balaban J connectivity index is 0.00000205. The Morgan fingerprint density at radius 2 is 0.562 bits per heavy atom. The topological polar surface area (TPSA) is 142 Å². The van der Waals surface area contributed by atoms with Gasteiger partial charge < -0.3 is 98.5 Å². The SMILES string of the molecule is C[N+](C)(C)c1cccc(Oc2cccc3c2-c2nc-3nc3[n-]c(nc4nc(nc5[n-]c(n2)c2cccc(Oc6cccc([N+](C)(C)C)c6)c52)-c2c(Oc5cccc([N+](C)(C)C)c5)cccc2-4)c2cccc(Oc4cccc([N+](C)(C)C)c4)c32)c1.[Cl-].[Cl-].[Cl-].[Cl-].[Zn+2]. The minimum absolute atomic E-state index is 0. The van der Waals surface area contributed by atoms with Gasteiger partial charge in [-0.05, 0) is 83.6 Å². The molecule has 0 fully saturated rings. The van der Waals surface area contributed by atoms with Gasteiger partial charge in [-0.1, -0.05) is 72.8 Å². The third-order valence-corrected chi connectivity index (χ3v) is 14.9. The second-order valence-electron chi connectivity index (χ2n) is 24.6. The summed E-state index contributed by atoms with van der Waals surface area (Å²) in [6.45, 7) is 0. The van der Waals surface area contributed by atoms with Gasteiger partial charge in [0.15, 0.2) is 0 Å². The van der Waals surface area contributed by atoms with Crippen molar-refractivity contribution in [3.8, 4) is 91.5 Å². The fourth-order valence-corrected chi connectivity index (χ4v) is 10.4. The zero-order valence-electron chi connectivity index (χ0n) is 51.4. The molecule has 0 aliphatic carbocycles. The third kappa shape index (κ3) is 13.2. The molecular weight excluding hydrogens is 1260 g/mol. The van der Waals surface area contributed by atoms with Crippen LogP contribution in [-0.2, 0) is 19.5 Å². The summed E-state index contributed by atoms with van der Waals surface area (Å²) in [5.41, 5.74) is 8.20. The fraction of sp³-hybridized carbons (Fsp3) is 0.176. The van der Waals surface area contributed by atoms with Gasteiger partial charge in [0.1, 0.15) is 68.7 Å². The molecule has 8 aromatic carbocycles. The Hall–Kier alpha value is -8.06. The Morgan fingerprint density at radius 1 is 0.292 bits per heavy atom. The molecule has 0 saturated carbocycles. The van der Waals surface area contributed by atoms with Crippen LogP contribution in [0.3, 0.4) is 0 Å². The Labute approximate surface area is 555 Å². The first-order valence-corrected chi connectivity index (χ1v) is 27.7. The zero-order valence-corrected chi connectivity index (χ0v) is 57.4. The zero-order chi connectivity index (χ0) is 58.5. The van der Waals surface area contributed by atoms with E-state index in [9.17, 15) is 0 Å². The predicted molar refractivity (Wildman–Crippen MR) is 338 cm³/mol. The molecule has 11 aromatic rings. The van der Waals surface area contributed by atoms with E-state index in [1.165, 1.54) is 0 Å². The van der Waals surface area contributed by atoms with Gasteiger partial charge in [-0.15, -0.1) is 0 Å². The van der Waals surface area contributed by atoms with E-state index < -0.39 is 0 Å². The van der Waals surface area contributed by atoms with E-state index >= 15 is 0 Å². The number of rotatable bonds is 12. The minimum Gasteiger partial charge on any atom is -1.00 e. The molecule has 89 heavy (non-hydrogen) atoms. The fourth-order valence-electron chi connectivity index (χ4n) is 10.4. The van der Waals surface area contributed by atoms with Crippen molar-refractivity contribution in [3.05, 3.63) is 170 Å². The molecule has 8 bridgehead atoms. The molecule has 13 rings (SSSR count). The number of halogens is 4. The molecule has 2 aliphatic heterocycles. The number of aromatic nitrogens is 8. The van der Waals surface area contributed by atoms with Crippen molar-refractivity contribution >= 4 is 66.9 Å². The first-order valence-electron chi connectivity index (χ1n) is 27.7. The van der Waals surface area contributed by atoms with Crippen molar-refractivity contribution in [1.82, 2.24) is 57.8 Å². The largest absolute Gasteiger partial charge is 2.00 e. The monoisotopic (exact) mass is 1320 g/mol. The molecular formula is C68H64Cl4N12O4Zn. The van der Waals surface area contributed by atoms with Gasteiger partial charge in [0, 0.05) is 68.8 Å². The van der Waals surface area contributed by atoms with Crippen LogP contribution in [0, 0.1) is 0 Å². The normalized spacial score (nSPS) is 11.8. The number of fused-ring (bicyclic) bond motifs is 20. The van der Waals surface area contributed by atoms with E-state index in [2.05, 4.69) is 109 Å². The van der Waals surface area contributed by atoms with Crippen LogP contribution in [0.4, 0.5) is 22.7 Å². The number of benzene rings is 8. The summed E-state index contributed by atoms with van der Waals surface area (Å²) in [6, 6.07) is 55.7. The first-order chi connectivity index (χ1) is 40.1. The van der Waals surface area contributed by atoms with Crippen LogP contribution in [0.15, 0.2) is 170 Å². The molecule has 3 aromatic heterocycles. The number of ether oxygens (including phenoxy) is 4. The van der Waals surface area contributed by atoms with E-state index in [4.69, 9.17) is 58.8 Å². The summed E-state index contributed by atoms with van der Waals surface area (Å²) in [5, 5.41) is 2.59. The molecule has 5 heterocycles. The van der Waals surface area contributed by atoms with Crippen LogP contribution >= 0.6 is 0 Å². The van der Waals surface area contributed by atoms with Gasteiger partial charge in [-0.25, -0.2) is 9.97 Å². The van der Waals surface area contributed by atoms with Crippen molar-refractivity contribution in [3.63, 3.8) is 0 Å². The third-order valence-electron chi connectivity index (χ3n) is 14.9. The van der Waals surface area contributed by atoms with Crippen molar-refractivity contribution in [2.24, 2.45) is 0 Å². The predicted octanol–water partition coefficient (Wildman–Crippen LogP) is 2.10. The van der Waals surface area contributed by atoms with Crippen LogP contribution in [0.1, 0.15) is 0 Å². The minimum atomic E-state index is 0. The van der Waals surface area contributed by atoms with Crippen molar-refractivity contribution < 1.29 is 88.1 Å². The molecule has 450 valence electrons. The summed E-state index contributed by atoms with van der Waals surface area (Å²) >= 11 is 0. The molecule has 0 unspecified atom stereocenters. The van der Waals surface area contributed by atoms with Crippen LogP contribution in [0.25, 0.3) is 89.7 Å². The summed E-state index contributed by atoms with van der Waals surface area (Å²) in [6.07, 6.45) is 0. The Kier molecular flexibility index (Phi) is 19.1. The maximum absolute atomic E-state index is 6.90. The molecule has 16 nitrogen and oxygen atoms in total. The van der Waals surface area contributed by atoms with Crippen molar-refractivity contribution in [2.75, 3.05) is 84.6 Å². The van der Waals surface area contributed by atoms with Crippen LogP contribution in [0.2, 0.25) is 0 Å². The van der Waals surface area contributed by atoms with Gasteiger partial charge in [-0.3, -0.25) is 17.9 Å². The maximum Gasteiger partial charge on any atom is 2.00 e. The maximum atomic E-state index is 6.90. The van der Waals surface area contributed by atoms with E-state index in [-0.39, 0.29) is 69.1 Å². The molecule has 0 amide bonds. The van der Waals surface area contributed by atoms with Gasteiger partial charge in [0.25, 0.3) is 0 Å². The van der Waals surface area contributed by atoms with Crippen LogP contribution in [0.5, 0.6) is 46.0 Å². The molecule has 2 aliphatic rings. The number of nitrogens with zero attached hydrogens (tertiary/aromatic N) is 12. The average Bonchev–Trinajstić information content (AvgIpc) is 1.65. The van der Waals surface area contributed by atoms with Crippen molar-refractivity contribution in [1.29, 1.82) is 0 Å². The molecule has 0 N–H and O–H groups in total. The Morgan fingerprint density at radius 3 is 0.899 bits per heavy atom. The van der Waals surface area contributed by atoms with Crippen LogP contribution in [-0.4, -0.2) is 114 Å². The number of quaternary nitrogens is 4. The summed E-state index contributed by atoms with van der Waals surface area (Å²) in [5.74, 6) is 6.04. The van der Waals surface area contributed by atoms with Crippen molar-refractivity contribution in [2.45, 2.75) is 0 Å². The summed E-state index contributed by atoms with van der Waals surface area (Å²) < 4.78 is 29.9. The van der Waals surface area contributed by atoms with E-state index in [0.29, 0.717) is 154 Å². The average molecular weight is 1320 g/mol. The van der Waals surface area contributed by atoms with Gasteiger partial charge in [0.2, 0.25) is 0 Å². The molecule has 0 saturated heterocycles. The summed E-state index contributed by atoms with van der Waals surface area (Å²) in [4.78, 5) is 42.8. The van der Waals surface area contributed by atoms with Gasteiger partial charge in [-0.2, -0.15) is 0 Å². The molecule has 0 radical (unpaired) electrons. The van der Waals surface area contributed by atoms with E-state index in [1.54, 1.807) is 0 Å². The van der Waals surface area contributed by atoms with Gasteiger partial charge >= 0.3 is 19.5 Å². The molecule has 0 atom stereocenters. The quantitative estimate of drug-likeness (QED) is 0.131. The number of hydrogen-bond donors (Lipinski definition) is 0. The Bertz CT molecular complexity index is 4670. The molecule has 21 heteroatoms. The van der Waals surface area contributed by atoms with Gasteiger partial charge in [0.05, 0.1) is 119 Å². The van der Waals surface area contributed by atoms with E-state index in [1.807, 2.05) is 146 Å². The second kappa shape index (κ2) is 25.4. The summed E-state index contributed by atoms with van der Waals surface area (Å²) in [7, 11) is 25.5. The van der Waals surface area contributed by atoms with Crippen LogP contribution < -0.4 is 96.5 Å². The standard InChI is InChI=1S/C68H64N12O4.4ClH.Zn/c1-77(2,3)41-21-13-25-45(37-41)81-53-33-17-29-49-57(53)65-70-61(49)69-62-50-30-18-35-55(83-47-27-15-23-43(39-47)79(7,8)9)59(50)67(71-62)76-68-60-52(32-20-36-56(60)84-48-28-16-24-44(40-48)80(10,11)12)64(75-68)74-66-58-51(63(72-65)73-66)31-19-34-54(58)82-46-26-14-22-42(38-46)78(4,5)6;;;;;/h13-40H,1-12H3;4*1H;/q+2;;;;;+2/p-4. The van der Waals surface area contributed by atoms with E-state index in [0.717, 1.165) is 22.7 Å². The first kappa shape index (κ1) is 66.9. The number of hydrogen-bond acceptors (Lipinski definition) is 10. The molecule has 0 spiro atoms. The smallest absolute Gasteiger partial charge is 1.00 e.